The molecular formula is C11H13N3O. The number of pyridine rings is 1. The Balaban J connectivity index is 2.79. The summed E-state index contributed by atoms with van der Waals surface area (Å²) in [6, 6.07) is 1.84. The molecule has 0 aliphatic carbocycles. The topological polar surface area (TPSA) is 47.8 Å². The second-order valence-electron chi connectivity index (χ2n) is 3.91. The third kappa shape index (κ3) is 1.52. The van der Waals surface area contributed by atoms with E-state index in [1.54, 1.807) is 10.9 Å². The van der Waals surface area contributed by atoms with E-state index in [0.29, 0.717) is 11.5 Å². The van der Waals surface area contributed by atoms with Gasteiger partial charge in [-0.3, -0.25) is 9.48 Å². The van der Waals surface area contributed by atoms with Crippen LogP contribution in [0, 0.1) is 0 Å². The Labute approximate surface area is 87.9 Å². The molecule has 2 aromatic rings. The van der Waals surface area contributed by atoms with Crippen LogP contribution in [0.1, 0.15) is 35.8 Å². The van der Waals surface area contributed by atoms with Crippen LogP contribution in [-0.2, 0) is 7.05 Å². The van der Waals surface area contributed by atoms with Crippen molar-refractivity contribution in [3.63, 3.8) is 0 Å². The maximum atomic E-state index is 10.9. The van der Waals surface area contributed by atoms with E-state index in [4.69, 9.17) is 0 Å². The van der Waals surface area contributed by atoms with Crippen molar-refractivity contribution in [1.29, 1.82) is 0 Å². The van der Waals surface area contributed by atoms with Gasteiger partial charge in [-0.05, 0) is 12.0 Å². The first kappa shape index (κ1) is 9.83. The summed E-state index contributed by atoms with van der Waals surface area (Å²) in [4.78, 5) is 15.4. The Kier molecular flexibility index (Phi) is 2.26. The lowest BCUT2D eigenvalue weighted by molar-refractivity contribution is 0.112. The summed E-state index contributed by atoms with van der Waals surface area (Å²) >= 11 is 0. The molecule has 2 rings (SSSR count). The Hall–Kier alpha value is -1.71. The molecule has 0 aliphatic rings. The van der Waals surface area contributed by atoms with Crippen molar-refractivity contribution in [1.82, 2.24) is 14.8 Å². The molecule has 0 aromatic carbocycles. The van der Waals surface area contributed by atoms with Crippen molar-refractivity contribution in [2.24, 2.45) is 7.05 Å². The fourth-order valence-electron chi connectivity index (χ4n) is 1.55. The van der Waals surface area contributed by atoms with Gasteiger partial charge in [0.15, 0.2) is 11.9 Å². The minimum Gasteiger partial charge on any atom is -0.298 e. The van der Waals surface area contributed by atoms with Crippen LogP contribution in [0.5, 0.6) is 0 Å². The molecular weight excluding hydrogens is 190 g/mol. The monoisotopic (exact) mass is 203 g/mol. The van der Waals surface area contributed by atoms with Gasteiger partial charge in [-0.2, -0.15) is 5.10 Å². The molecule has 0 fully saturated rings. The lowest BCUT2D eigenvalue weighted by atomic mass is 10.1. The van der Waals surface area contributed by atoms with Gasteiger partial charge in [-0.25, -0.2) is 4.98 Å². The van der Waals surface area contributed by atoms with Crippen LogP contribution in [0.4, 0.5) is 0 Å². The Morgan fingerprint density at radius 3 is 2.80 bits per heavy atom. The quantitative estimate of drug-likeness (QED) is 0.700. The number of aldehydes is 1. The molecule has 0 unspecified atom stereocenters. The smallest absolute Gasteiger partial charge is 0.158 e. The summed E-state index contributed by atoms with van der Waals surface area (Å²) in [5, 5.41) is 4.92. The summed E-state index contributed by atoms with van der Waals surface area (Å²) in [6.07, 6.45) is 2.54. The van der Waals surface area contributed by atoms with Gasteiger partial charge in [-0.15, -0.1) is 0 Å². The fraction of sp³-hybridized carbons (Fsp3) is 0.364. The van der Waals surface area contributed by atoms with Crippen molar-refractivity contribution < 1.29 is 4.79 Å². The highest BCUT2D eigenvalue weighted by Crippen LogP contribution is 2.20. The number of hydrogen-bond acceptors (Lipinski definition) is 3. The van der Waals surface area contributed by atoms with Crippen LogP contribution >= 0.6 is 0 Å². The summed E-state index contributed by atoms with van der Waals surface area (Å²) in [7, 11) is 1.83. The number of rotatable bonds is 2. The van der Waals surface area contributed by atoms with E-state index in [0.717, 1.165) is 23.0 Å². The van der Waals surface area contributed by atoms with E-state index in [1.165, 1.54) is 0 Å². The zero-order chi connectivity index (χ0) is 11.0. The molecule has 2 heterocycles. The minimum atomic E-state index is 0.308. The van der Waals surface area contributed by atoms with Crippen molar-refractivity contribution >= 4 is 17.3 Å². The van der Waals surface area contributed by atoms with Gasteiger partial charge in [0.2, 0.25) is 0 Å². The first-order valence-corrected chi connectivity index (χ1v) is 4.91. The van der Waals surface area contributed by atoms with Crippen LogP contribution in [0.15, 0.2) is 12.3 Å². The van der Waals surface area contributed by atoms with Crippen LogP contribution in [0.3, 0.4) is 0 Å². The van der Waals surface area contributed by atoms with Crippen LogP contribution in [0.25, 0.3) is 11.0 Å². The van der Waals surface area contributed by atoms with Crippen LogP contribution in [-0.4, -0.2) is 21.1 Å². The van der Waals surface area contributed by atoms with E-state index < -0.39 is 0 Å². The second kappa shape index (κ2) is 3.46. The normalized spacial score (nSPS) is 11.2. The zero-order valence-electron chi connectivity index (χ0n) is 9.06. The van der Waals surface area contributed by atoms with Crippen molar-refractivity contribution in [3.8, 4) is 0 Å². The van der Waals surface area contributed by atoms with Crippen LogP contribution in [0.2, 0.25) is 0 Å². The highest BCUT2D eigenvalue weighted by atomic mass is 16.1. The maximum absolute atomic E-state index is 10.9. The molecule has 15 heavy (non-hydrogen) atoms. The zero-order valence-corrected chi connectivity index (χ0v) is 9.06. The SMILES string of the molecule is CC(C)c1cc(C=O)c2cnn(C)c2n1. The summed E-state index contributed by atoms with van der Waals surface area (Å²) in [6.45, 7) is 4.11. The van der Waals surface area contributed by atoms with Crippen LogP contribution < -0.4 is 0 Å². The largest absolute Gasteiger partial charge is 0.298 e. The fourth-order valence-corrected chi connectivity index (χ4v) is 1.55. The van der Waals surface area contributed by atoms with E-state index in [9.17, 15) is 4.79 Å². The molecule has 0 saturated carbocycles. The molecule has 0 bridgehead atoms. The average molecular weight is 203 g/mol. The average Bonchev–Trinajstić information content (AvgIpc) is 2.59. The van der Waals surface area contributed by atoms with E-state index in [1.807, 2.05) is 13.1 Å². The van der Waals surface area contributed by atoms with E-state index in [-0.39, 0.29) is 0 Å². The van der Waals surface area contributed by atoms with Gasteiger partial charge < -0.3 is 0 Å². The third-order valence-corrected chi connectivity index (χ3v) is 2.48. The molecule has 0 saturated heterocycles. The molecule has 78 valence electrons. The van der Waals surface area contributed by atoms with Gasteiger partial charge in [-0.1, -0.05) is 13.8 Å². The van der Waals surface area contributed by atoms with Gasteiger partial charge in [0.25, 0.3) is 0 Å². The molecule has 0 atom stereocenters. The number of fused-ring (bicyclic) bond motifs is 1. The number of nitrogens with zero attached hydrogens (tertiary/aromatic N) is 3. The minimum absolute atomic E-state index is 0.308. The third-order valence-electron chi connectivity index (χ3n) is 2.48. The number of carbonyl (C=O) groups excluding carboxylic acids is 1. The number of carbonyl (C=O) groups is 1. The predicted molar refractivity (Wildman–Crippen MR) is 58.0 cm³/mol. The lowest BCUT2D eigenvalue weighted by Crippen LogP contribution is -1.99. The molecule has 0 aliphatic heterocycles. The van der Waals surface area contributed by atoms with Gasteiger partial charge >= 0.3 is 0 Å². The first-order valence-electron chi connectivity index (χ1n) is 4.91. The molecule has 0 N–H and O–H groups in total. The number of aryl methyl sites for hydroxylation is 1. The van der Waals surface area contributed by atoms with Crippen molar-refractivity contribution in [3.05, 3.63) is 23.5 Å². The summed E-state index contributed by atoms with van der Waals surface area (Å²) < 4.78 is 1.69. The molecule has 4 heteroatoms. The predicted octanol–water partition coefficient (Wildman–Crippen LogP) is 1.90. The van der Waals surface area contributed by atoms with Gasteiger partial charge in [0, 0.05) is 23.7 Å². The highest BCUT2D eigenvalue weighted by molar-refractivity contribution is 5.94. The molecule has 0 amide bonds. The summed E-state index contributed by atoms with van der Waals surface area (Å²) in [5.74, 6) is 0.308. The van der Waals surface area contributed by atoms with Crippen molar-refractivity contribution in [2.75, 3.05) is 0 Å². The molecule has 2 aromatic heterocycles. The number of aromatic nitrogens is 3. The van der Waals surface area contributed by atoms with Gasteiger partial charge in [0.1, 0.15) is 0 Å². The Morgan fingerprint density at radius 1 is 1.47 bits per heavy atom. The van der Waals surface area contributed by atoms with Gasteiger partial charge in [0.05, 0.1) is 6.20 Å². The summed E-state index contributed by atoms with van der Waals surface area (Å²) in [5.41, 5.74) is 2.35. The molecule has 0 spiro atoms. The van der Waals surface area contributed by atoms with E-state index in [2.05, 4.69) is 23.9 Å². The standard InChI is InChI=1S/C11H13N3O/c1-7(2)10-4-8(6-15)9-5-12-14(3)11(9)13-10/h4-7H,1-3H3. The molecule has 4 nitrogen and oxygen atoms in total. The molecule has 0 radical (unpaired) electrons. The Morgan fingerprint density at radius 2 is 2.20 bits per heavy atom. The second-order valence-corrected chi connectivity index (χ2v) is 3.91. The van der Waals surface area contributed by atoms with Crippen molar-refractivity contribution in [2.45, 2.75) is 19.8 Å². The maximum Gasteiger partial charge on any atom is 0.158 e. The number of hydrogen-bond donors (Lipinski definition) is 0. The Bertz CT molecular complexity index is 514. The lowest BCUT2D eigenvalue weighted by Gasteiger charge is -2.06. The highest BCUT2D eigenvalue weighted by Gasteiger charge is 2.10. The first-order chi connectivity index (χ1) is 7.13. The van der Waals surface area contributed by atoms with E-state index >= 15 is 0 Å².